The Hall–Kier alpha value is -1.62. The first-order chi connectivity index (χ1) is 8.83. The molecule has 4 nitrogen and oxygen atoms in total. The highest BCUT2D eigenvalue weighted by atomic mass is 19.1. The van der Waals surface area contributed by atoms with Gasteiger partial charge in [-0.15, -0.1) is 0 Å². The molecule has 0 bridgehead atoms. The third kappa shape index (κ3) is 4.87. The highest BCUT2D eigenvalue weighted by Crippen LogP contribution is 2.15. The zero-order chi connectivity index (χ0) is 14.5. The summed E-state index contributed by atoms with van der Waals surface area (Å²) in [5.41, 5.74) is 4.57. The van der Waals surface area contributed by atoms with Crippen molar-refractivity contribution in [3.8, 4) is 5.75 Å². The van der Waals surface area contributed by atoms with E-state index >= 15 is 0 Å². The van der Waals surface area contributed by atoms with E-state index in [2.05, 4.69) is 5.32 Å². The summed E-state index contributed by atoms with van der Waals surface area (Å²) < 4.78 is 18.4. The lowest BCUT2D eigenvalue weighted by atomic mass is 9.96. The van der Waals surface area contributed by atoms with E-state index in [4.69, 9.17) is 10.5 Å². The first-order valence-corrected chi connectivity index (χ1v) is 6.29. The van der Waals surface area contributed by atoms with Crippen molar-refractivity contribution >= 4 is 5.91 Å². The molecule has 1 atom stereocenters. The maximum Gasteiger partial charge on any atom is 0.237 e. The molecule has 0 saturated carbocycles. The molecule has 3 N–H and O–H groups in total. The van der Waals surface area contributed by atoms with Crippen LogP contribution >= 0.6 is 0 Å². The van der Waals surface area contributed by atoms with E-state index in [1.165, 1.54) is 12.1 Å². The van der Waals surface area contributed by atoms with Gasteiger partial charge >= 0.3 is 0 Å². The minimum atomic E-state index is -0.832. The number of nitrogens with one attached hydrogen (secondary N) is 1. The van der Waals surface area contributed by atoms with Crippen LogP contribution < -0.4 is 15.8 Å². The van der Waals surface area contributed by atoms with Crippen molar-refractivity contribution in [3.63, 3.8) is 0 Å². The number of primary amides is 1. The molecule has 1 rings (SSSR count). The number of ether oxygens (including phenoxy) is 1. The molecule has 0 aromatic heterocycles. The molecule has 0 radical (unpaired) electrons. The van der Waals surface area contributed by atoms with Crippen molar-refractivity contribution in [2.45, 2.75) is 38.8 Å². The zero-order valence-electron chi connectivity index (χ0n) is 11.6. The highest BCUT2D eigenvalue weighted by molar-refractivity contribution is 5.84. The van der Waals surface area contributed by atoms with E-state index in [-0.39, 0.29) is 18.5 Å². The summed E-state index contributed by atoms with van der Waals surface area (Å²) in [7, 11) is 0. The molecule has 19 heavy (non-hydrogen) atoms. The van der Waals surface area contributed by atoms with Crippen molar-refractivity contribution in [2.24, 2.45) is 5.73 Å². The number of halogens is 1. The minimum absolute atomic E-state index is 0.131. The predicted octanol–water partition coefficient (Wildman–Crippen LogP) is 1.84. The second-order valence-electron chi connectivity index (χ2n) is 5.05. The van der Waals surface area contributed by atoms with Gasteiger partial charge in [-0.25, -0.2) is 4.39 Å². The summed E-state index contributed by atoms with van der Waals surface area (Å²) >= 11 is 0. The Balaban J connectivity index is 2.56. The molecular formula is C14H21FN2O2. The molecular weight excluding hydrogens is 247 g/mol. The number of hydrogen-bond donors (Lipinski definition) is 2. The summed E-state index contributed by atoms with van der Waals surface area (Å²) in [5, 5.41) is 3.12. The maximum absolute atomic E-state index is 13.0. The van der Waals surface area contributed by atoms with Crippen LogP contribution in [0.3, 0.4) is 0 Å². The lowest BCUT2D eigenvalue weighted by Gasteiger charge is -2.29. The molecule has 1 amide bonds. The fourth-order valence-corrected chi connectivity index (χ4v) is 1.83. The minimum Gasteiger partial charge on any atom is -0.493 e. The number of rotatable bonds is 7. The molecule has 0 heterocycles. The second kappa shape index (κ2) is 6.52. The lowest BCUT2D eigenvalue weighted by Crippen LogP contribution is -2.56. The zero-order valence-corrected chi connectivity index (χ0v) is 11.6. The van der Waals surface area contributed by atoms with E-state index in [0.29, 0.717) is 12.2 Å². The SMILES string of the molecule is CC(C)NC(C)(CCOc1cccc(F)c1)C(N)=O. The predicted molar refractivity (Wildman–Crippen MR) is 72.4 cm³/mol. The van der Waals surface area contributed by atoms with Crippen molar-refractivity contribution in [1.29, 1.82) is 0 Å². The van der Waals surface area contributed by atoms with Crippen molar-refractivity contribution < 1.29 is 13.9 Å². The number of carbonyl (C=O) groups excluding carboxylic acids is 1. The Morgan fingerprint density at radius 1 is 1.53 bits per heavy atom. The topological polar surface area (TPSA) is 64.3 Å². The van der Waals surface area contributed by atoms with Crippen molar-refractivity contribution in [3.05, 3.63) is 30.1 Å². The molecule has 5 heteroatoms. The summed E-state index contributed by atoms with van der Waals surface area (Å²) in [6.45, 7) is 5.90. The molecule has 1 unspecified atom stereocenters. The Labute approximate surface area is 113 Å². The fourth-order valence-electron chi connectivity index (χ4n) is 1.83. The van der Waals surface area contributed by atoms with Gasteiger partial charge in [0.2, 0.25) is 5.91 Å². The summed E-state index contributed by atoms with van der Waals surface area (Å²) in [4.78, 5) is 11.5. The monoisotopic (exact) mass is 268 g/mol. The van der Waals surface area contributed by atoms with Crippen LogP contribution in [0.25, 0.3) is 0 Å². The van der Waals surface area contributed by atoms with Crippen LogP contribution in [0.4, 0.5) is 4.39 Å². The molecule has 0 aliphatic rings. The normalized spacial score (nSPS) is 14.2. The van der Waals surface area contributed by atoms with E-state index in [9.17, 15) is 9.18 Å². The molecule has 1 aromatic carbocycles. The van der Waals surface area contributed by atoms with Crippen LogP contribution in [0.1, 0.15) is 27.2 Å². The van der Waals surface area contributed by atoms with Gasteiger partial charge < -0.3 is 15.8 Å². The van der Waals surface area contributed by atoms with Crippen LogP contribution in [0, 0.1) is 5.82 Å². The molecule has 0 fully saturated rings. The summed E-state index contributed by atoms with van der Waals surface area (Å²) in [6, 6.07) is 6.02. The lowest BCUT2D eigenvalue weighted by molar-refractivity contribution is -0.124. The third-order valence-electron chi connectivity index (χ3n) is 2.82. The van der Waals surface area contributed by atoms with Gasteiger partial charge in [-0.05, 0) is 32.9 Å². The van der Waals surface area contributed by atoms with E-state index in [0.717, 1.165) is 0 Å². The second-order valence-corrected chi connectivity index (χ2v) is 5.05. The number of hydrogen-bond acceptors (Lipinski definition) is 3. The van der Waals surface area contributed by atoms with Crippen LogP contribution in [0.15, 0.2) is 24.3 Å². The van der Waals surface area contributed by atoms with Crippen LogP contribution in [-0.2, 0) is 4.79 Å². The van der Waals surface area contributed by atoms with Gasteiger partial charge in [0.1, 0.15) is 11.6 Å². The fraction of sp³-hybridized carbons (Fsp3) is 0.500. The van der Waals surface area contributed by atoms with Crippen molar-refractivity contribution in [1.82, 2.24) is 5.32 Å². The van der Waals surface area contributed by atoms with Gasteiger partial charge in [0.05, 0.1) is 12.1 Å². The van der Waals surface area contributed by atoms with Gasteiger partial charge in [-0.2, -0.15) is 0 Å². The van der Waals surface area contributed by atoms with Gasteiger partial charge in [-0.3, -0.25) is 4.79 Å². The van der Waals surface area contributed by atoms with Crippen LogP contribution in [-0.4, -0.2) is 24.1 Å². The Morgan fingerprint density at radius 2 is 2.21 bits per heavy atom. The van der Waals surface area contributed by atoms with Crippen LogP contribution in [0.2, 0.25) is 0 Å². The third-order valence-corrected chi connectivity index (χ3v) is 2.82. The van der Waals surface area contributed by atoms with E-state index in [1.54, 1.807) is 19.1 Å². The number of benzene rings is 1. The number of amides is 1. The van der Waals surface area contributed by atoms with Gasteiger partial charge in [0.15, 0.2) is 0 Å². The van der Waals surface area contributed by atoms with Crippen molar-refractivity contribution in [2.75, 3.05) is 6.61 Å². The molecule has 0 spiro atoms. The first kappa shape index (κ1) is 15.4. The average Bonchev–Trinajstić information content (AvgIpc) is 2.27. The van der Waals surface area contributed by atoms with Gasteiger partial charge in [0, 0.05) is 18.5 Å². The largest absolute Gasteiger partial charge is 0.493 e. The number of carbonyl (C=O) groups is 1. The Kier molecular flexibility index (Phi) is 5.30. The van der Waals surface area contributed by atoms with Gasteiger partial charge in [-0.1, -0.05) is 6.07 Å². The maximum atomic E-state index is 13.0. The Morgan fingerprint density at radius 3 is 2.74 bits per heavy atom. The Bertz CT molecular complexity index is 437. The standard InChI is InChI=1S/C14H21FN2O2/c1-10(2)17-14(3,13(16)18)7-8-19-12-6-4-5-11(15)9-12/h4-6,9-10,17H,7-8H2,1-3H3,(H2,16,18). The highest BCUT2D eigenvalue weighted by Gasteiger charge is 2.31. The van der Waals surface area contributed by atoms with E-state index < -0.39 is 11.4 Å². The summed E-state index contributed by atoms with van der Waals surface area (Å²) in [6.07, 6.45) is 0.414. The molecule has 0 aliphatic carbocycles. The number of nitrogens with two attached hydrogens (primary N) is 1. The average molecular weight is 268 g/mol. The van der Waals surface area contributed by atoms with Gasteiger partial charge in [0.25, 0.3) is 0 Å². The van der Waals surface area contributed by atoms with Crippen LogP contribution in [0.5, 0.6) is 5.75 Å². The molecule has 1 aromatic rings. The summed E-state index contributed by atoms with van der Waals surface area (Å²) in [5.74, 6) is -0.337. The van der Waals surface area contributed by atoms with E-state index in [1.807, 2.05) is 13.8 Å². The molecule has 106 valence electrons. The first-order valence-electron chi connectivity index (χ1n) is 6.29. The molecule has 0 saturated heterocycles. The quantitative estimate of drug-likeness (QED) is 0.793. The smallest absolute Gasteiger partial charge is 0.237 e. The molecule has 0 aliphatic heterocycles.